The van der Waals surface area contributed by atoms with Gasteiger partial charge < -0.3 is 4.90 Å². The molecule has 0 aliphatic carbocycles. The van der Waals surface area contributed by atoms with Crippen LogP contribution < -0.4 is 4.90 Å². The average molecular weight is 380 g/mol. The Morgan fingerprint density at radius 1 is 0.828 bits per heavy atom. The van der Waals surface area contributed by atoms with Crippen molar-refractivity contribution in [3.63, 3.8) is 0 Å². The first-order valence-electron chi connectivity index (χ1n) is 10.3. The zero-order valence-electron chi connectivity index (χ0n) is 16.4. The van der Waals surface area contributed by atoms with E-state index in [4.69, 9.17) is 4.99 Å². The molecule has 1 aliphatic rings. The molecular formula is C25H24N4. The molecule has 4 heteroatoms. The van der Waals surface area contributed by atoms with Crippen molar-refractivity contribution in [1.82, 2.24) is 10.2 Å². The van der Waals surface area contributed by atoms with Gasteiger partial charge in [0.25, 0.3) is 0 Å². The minimum atomic E-state index is 0.993. The molecule has 0 saturated carbocycles. The van der Waals surface area contributed by atoms with Gasteiger partial charge >= 0.3 is 0 Å². The van der Waals surface area contributed by atoms with Crippen LogP contribution in [0.25, 0.3) is 10.9 Å². The fourth-order valence-corrected chi connectivity index (χ4v) is 4.05. The normalized spacial score (nSPS) is 14.1. The Morgan fingerprint density at radius 2 is 1.48 bits per heavy atom. The summed E-state index contributed by atoms with van der Waals surface area (Å²) in [7, 11) is 0. The first-order chi connectivity index (χ1) is 14.4. The second-order valence-corrected chi connectivity index (χ2v) is 7.54. The smallest absolute Gasteiger partial charge is 0.0878 e. The lowest BCUT2D eigenvalue weighted by Gasteiger charge is -2.30. The quantitative estimate of drug-likeness (QED) is 0.460. The van der Waals surface area contributed by atoms with E-state index in [0.717, 1.165) is 46.5 Å². The fourth-order valence-electron chi connectivity index (χ4n) is 4.05. The van der Waals surface area contributed by atoms with Crippen molar-refractivity contribution in [3.05, 3.63) is 90.1 Å². The lowest BCUT2D eigenvalue weighted by molar-refractivity contribution is 0.578. The predicted octanol–water partition coefficient (Wildman–Crippen LogP) is 5.72. The van der Waals surface area contributed by atoms with E-state index >= 15 is 0 Å². The molecule has 1 aliphatic heterocycles. The van der Waals surface area contributed by atoms with Crippen molar-refractivity contribution in [2.45, 2.75) is 19.3 Å². The van der Waals surface area contributed by atoms with E-state index < -0.39 is 0 Å². The summed E-state index contributed by atoms with van der Waals surface area (Å²) >= 11 is 0. The highest BCUT2D eigenvalue weighted by Gasteiger charge is 2.17. The van der Waals surface area contributed by atoms with E-state index in [1.807, 2.05) is 18.3 Å². The molecule has 1 aromatic heterocycles. The van der Waals surface area contributed by atoms with Gasteiger partial charge in [0.15, 0.2) is 0 Å². The summed E-state index contributed by atoms with van der Waals surface area (Å²) in [6.45, 7) is 2.16. The second kappa shape index (κ2) is 7.92. The van der Waals surface area contributed by atoms with Gasteiger partial charge in [-0.05, 0) is 31.4 Å². The summed E-state index contributed by atoms with van der Waals surface area (Å²) in [6, 6.07) is 25.2. The molecule has 0 spiro atoms. The first kappa shape index (κ1) is 17.7. The van der Waals surface area contributed by atoms with Crippen molar-refractivity contribution < 1.29 is 0 Å². The van der Waals surface area contributed by atoms with Gasteiger partial charge in [0.2, 0.25) is 0 Å². The zero-order chi connectivity index (χ0) is 19.5. The van der Waals surface area contributed by atoms with E-state index in [1.54, 1.807) is 0 Å². The molecule has 3 aromatic carbocycles. The number of nitrogens with zero attached hydrogens (tertiary/aromatic N) is 3. The van der Waals surface area contributed by atoms with Crippen LogP contribution in [-0.4, -0.2) is 29.0 Å². The summed E-state index contributed by atoms with van der Waals surface area (Å²) in [5, 5.41) is 8.44. The summed E-state index contributed by atoms with van der Waals surface area (Å²) < 4.78 is 0. The van der Waals surface area contributed by atoms with Crippen molar-refractivity contribution in [1.29, 1.82) is 0 Å². The van der Waals surface area contributed by atoms with Crippen LogP contribution in [-0.2, 0) is 0 Å². The van der Waals surface area contributed by atoms with Crippen molar-refractivity contribution in [2.75, 3.05) is 18.0 Å². The Labute approximate surface area is 170 Å². The molecule has 0 unspecified atom stereocenters. The number of benzene rings is 3. The monoisotopic (exact) mass is 380 g/mol. The number of aromatic nitrogens is 2. The lowest BCUT2D eigenvalue weighted by Crippen LogP contribution is -2.29. The molecule has 1 N–H and O–H groups in total. The van der Waals surface area contributed by atoms with E-state index in [1.165, 1.54) is 24.9 Å². The Bertz CT molecular complexity index is 1080. The molecule has 144 valence electrons. The predicted molar refractivity (Wildman–Crippen MR) is 120 cm³/mol. The summed E-state index contributed by atoms with van der Waals surface area (Å²) in [4.78, 5) is 7.71. The summed E-state index contributed by atoms with van der Waals surface area (Å²) in [5.41, 5.74) is 6.48. The highest BCUT2D eigenvalue weighted by atomic mass is 15.2. The van der Waals surface area contributed by atoms with Gasteiger partial charge in [-0.1, -0.05) is 60.7 Å². The van der Waals surface area contributed by atoms with Gasteiger partial charge in [-0.3, -0.25) is 5.10 Å². The number of anilines is 1. The molecule has 4 aromatic rings. The third-order valence-corrected chi connectivity index (χ3v) is 5.56. The first-order valence-corrected chi connectivity index (χ1v) is 10.3. The van der Waals surface area contributed by atoms with Crippen molar-refractivity contribution in [2.24, 2.45) is 4.99 Å². The molecule has 2 heterocycles. The van der Waals surface area contributed by atoms with Gasteiger partial charge in [-0.15, -0.1) is 0 Å². The zero-order valence-corrected chi connectivity index (χ0v) is 16.4. The maximum absolute atomic E-state index is 5.24. The third-order valence-electron chi connectivity index (χ3n) is 5.56. The van der Waals surface area contributed by atoms with Crippen molar-refractivity contribution in [3.8, 4) is 0 Å². The van der Waals surface area contributed by atoms with Crippen LogP contribution in [0.3, 0.4) is 0 Å². The van der Waals surface area contributed by atoms with E-state index in [0.29, 0.717) is 0 Å². The van der Waals surface area contributed by atoms with Crippen LogP contribution in [0.1, 0.15) is 30.4 Å². The van der Waals surface area contributed by atoms with Crippen LogP contribution >= 0.6 is 0 Å². The summed E-state index contributed by atoms with van der Waals surface area (Å²) in [5.74, 6) is 0. The van der Waals surface area contributed by atoms with Crippen LogP contribution in [0.2, 0.25) is 0 Å². The molecule has 0 amide bonds. The Balaban J connectivity index is 1.70. The molecule has 4 nitrogen and oxygen atoms in total. The maximum atomic E-state index is 5.24. The molecule has 0 bridgehead atoms. The van der Waals surface area contributed by atoms with Crippen molar-refractivity contribution >= 4 is 28.0 Å². The molecule has 29 heavy (non-hydrogen) atoms. The van der Waals surface area contributed by atoms with Gasteiger partial charge in [0.1, 0.15) is 0 Å². The number of aliphatic imine (C=N–C) groups is 1. The number of piperidine rings is 1. The van der Waals surface area contributed by atoms with Gasteiger partial charge in [0.05, 0.1) is 28.8 Å². The topological polar surface area (TPSA) is 44.3 Å². The SMILES string of the molecule is c1ccc(C(=Nc2cc3cn[nH]c3cc2N2CCCCC2)c2ccccc2)cc1. The highest BCUT2D eigenvalue weighted by Crippen LogP contribution is 2.35. The van der Waals surface area contributed by atoms with Crippen LogP contribution in [0.5, 0.6) is 0 Å². The Hall–Kier alpha value is -3.40. The van der Waals surface area contributed by atoms with Crippen LogP contribution in [0, 0.1) is 0 Å². The number of rotatable bonds is 4. The Morgan fingerprint density at radius 3 is 2.14 bits per heavy atom. The van der Waals surface area contributed by atoms with E-state index in [-0.39, 0.29) is 0 Å². The van der Waals surface area contributed by atoms with Crippen LogP contribution in [0.15, 0.2) is 84.0 Å². The minimum absolute atomic E-state index is 0.993. The maximum Gasteiger partial charge on any atom is 0.0878 e. The molecule has 1 fully saturated rings. The number of hydrogen-bond donors (Lipinski definition) is 1. The van der Waals surface area contributed by atoms with E-state index in [2.05, 4.69) is 75.8 Å². The Kier molecular flexibility index (Phi) is 4.83. The standard InChI is InChI=1S/C25H24N4/c1-4-10-19(11-5-1)25(20-12-6-2-7-13-20)27-23-16-21-18-26-28-22(21)17-24(23)29-14-8-3-9-15-29/h1-2,4-7,10-13,16-18H,3,8-9,14-15H2,(H,26,28). The molecule has 0 atom stereocenters. The highest BCUT2D eigenvalue weighted by molar-refractivity contribution is 6.14. The molecular weight excluding hydrogens is 356 g/mol. The minimum Gasteiger partial charge on any atom is -0.370 e. The average Bonchev–Trinajstić information content (AvgIpc) is 3.26. The number of hydrogen-bond acceptors (Lipinski definition) is 3. The number of H-pyrrole nitrogens is 1. The molecule has 5 rings (SSSR count). The van der Waals surface area contributed by atoms with E-state index in [9.17, 15) is 0 Å². The number of nitrogens with one attached hydrogen (secondary N) is 1. The van der Waals surface area contributed by atoms with Gasteiger partial charge in [-0.2, -0.15) is 5.10 Å². The molecule has 1 saturated heterocycles. The van der Waals surface area contributed by atoms with Gasteiger partial charge in [0, 0.05) is 29.6 Å². The third kappa shape index (κ3) is 3.66. The summed E-state index contributed by atoms with van der Waals surface area (Å²) in [6.07, 6.45) is 5.64. The lowest BCUT2D eigenvalue weighted by atomic mass is 10.0. The number of aromatic amines is 1. The number of fused-ring (bicyclic) bond motifs is 1. The fraction of sp³-hybridized carbons (Fsp3) is 0.200. The van der Waals surface area contributed by atoms with Crippen LogP contribution in [0.4, 0.5) is 11.4 Å². The second-order valence-electron chi connectivity index (χ2n) is 7.54. The van der Waals surface area contributed by atoms with Gasteiger partial charge in [-0.25, -0.2) is 4.99 Å². The largest absolute Gasteiger partial charge is 0.370 e. The molecule has 0 radical (unpaired) electrons.